The summed E-state index contributed by atoms with van der Waals surface area (Å²) >= 11 is 1.30. The van der Waals surface area contributed by atoms with Gasteiger partial charge in [-0.05, 0) is 43.3 Å². The Bertz CT molecular complexity index is 1010. The predicted molar refractivity (Wildman–Crippen MR) is 117 cm³/mol. The number of amides is 2. The number of rotatable bonds is 8. The lowest BCUT2D eigenvalue weighted by Crippen LogP contribution is -2.15. The zero-order chi connectivity index (χ0) is 21.5. The van der Waals surface area contributed by atoms with Crippen molar-refractivity contribution in [3.8, 4) is 5.75 Å². The Balaban J connectivity index is 1.53. The predicted octanol–water partition coefficient (Wildman–Crippen LogP) is 3.64. The summed E-state index contributed by atoms with van der Waals surface area (Å²) in [5.41, 5.74) is 1.33. The topological polar surface area (TPSA) is 98.1 Å². The fourth-order valence-corrected chi connectivity index (χ4v) is 3.45. The molecule has 1 aromatic heterocycles. The number of carbonyl (C=O) groups is 2. The van der Waals surface area contributed by atoms with E-state index in [0.717, 1.165) is 5.75 Å². The quantitative estimate of drug-likeness (QED) is 0.535. The molecular formula is C21H23N5O3S. The van der Waals surface area contributed by atoms with Gasteiger partial charge >= 0.3 is 0 Å². The van der Waals surface area contributed by atoms with Gasteiger partial charge in [-0.15, -0.1) is 10.2 Å². The molecule has 2 amide bonds. The number of thioether (sulfide) groups is 1. The standard InChI is InChI=1S/C21H23N5O3S/c1-14(29-18-7-5-4-6-8-18)20-24-25-21(26(20)3)30-13-19(28)23-17-11-9-16(10-12-17)22-15(2)27/h4-12,14H,13H2,1-3H3,(H,22,27)(H,23,28)/t14-/m1/s1. The van der Waals surface area contributed by atoms with Crippen LogP contribution in [0.25, 0.3) is 0 Å². The van der Waals surface area contributed by atoms with Crippen LogP contribution in [0.4, 0.5) is 11.4 Å². The minimum absolute atomic E-state index is 0.144. The van der Waals surface area contributed by atoms with E-state index in [4.69, 9.17) is 4.74 Å². The first kappa shape index (κ1) is 21.4. The number of ether oxygens (including phenoxy) is 1. The molecule has 0 aliphatic heterocycles. The van der Waals surface area contributed by atoms with Crippen molar-refractivity contribution in [1.82, 2.24) is 14.8 Å². The lowest BCUT2D eigenvalue weighted by molar-refractivity contribution is -0.114. The van der Waals surface area contributed by atoms with Gasteiger partial charge in [-0.3, -0.25) is 9.59 Å². The zero-order valence-electron chi connectivity index (χ0n) is 17.0. The van der Waals surface area contributed by atoms with Crippen LogP contribution in [0.15, 0.2) is 59.8 Å². The average molecular weight is 426 g/mol. The highest BCUT2D eigenvalue weighted by Gasteiger charge is 2.18. The molecule has 0 saturated carbocycles. The molecule has 0 spiro atoms. The number of hydrogen-bond acceptors (Lipinski definition) is 6. The molecule has 2 N–H and O–H groups in total. The van der Waals surface area contributed by atoms with Gasteiger partial charge in [-0.2, -0.15) is 0 Å². The highest BCUT2D eigenvalue weighted by molar-refractivity contribution is 7.99. The van der Waals surface area contributed by atoms with Gasteiger partial charge in [0.1, 0.15) is 5.75 Å². The fraction of sp³-hybridized carbons (Fsp3) is 0.238. The van der Waals surface area contributed by atoms with Crippen molar-refractivity contribution in [3.05, 3.63) is 60.4 Å². The molecule has 3 rings (SSSR count). The minimum Gasteiger partial charge on any atom is -0.483 e. The third kappa shape index (κ3) is 5.84. The number of anilines is 2. The van der Waals surface area contributed by atoms with Crippen LogP contribution in [0, 0.1) is 0 Å². The van der Waals surface area contributed by atoms with E-state index in [1.165, 1.54) is 18.7 Å². The molecule has 0 radical (unpaired) electrons. The molecule has 0 aliphatic carbocycles. The largest absolute Gasteiger partial charge is 0.483 e. The van der Waals surface area contributed by atoms with Gasteiger partial charge in [0.05, 0.1) is 5.75 Å². The monoisotopic (exact) mass is 425 g/mol. The maximum Gasteiger partial charge on any atom is 0.234 e. The summed E-state index contributed by atoms with van der Waals surface area (Å²) in [6.07, 6.45) is -0.282. The molecule has 1 atom stereocenters. The Morgan fingerprint density at radius 1 is 1.03 bits per heavy atom. The van der Waals surface area contributed by atoms with Gasteiger partial charge < -0.3 is 19.9 Å². The Hall–Kier alpha value is -3.33. The van der Waals surface area contributed by atoms with Crippen LogP contribution in [0.2, 0.25) is 0 Å². The summed E-state index contributed by atoms with van der Waals surface area (Å²) < 4.78 is 7.72. The Morgan fingerprint density at radius 2 is 1.67 bits per heavy atom. The number of nitrogens with zero attached hydrogens (tertiary/aromatic N) is 3. The van der Waals surface area contributed by atoms with E-state index in [-0.39, 0.29) is 23.7 Å². The second kappa shape index (κ2) is 9.93. The van der Waals surface area contributed by atoms with Gasteiger partial charge in [-0.25, -0.2) is 0 Å². The van der Waals surface area contributed by atoms with Crippen LogP contribution in [0.5, 0.6) is 5.75 Å². The Morgan fingerprint density at radius 3 is 2.30 bits per heavy atom. The molecule has 156 valence electrons. The summed E-state index contributed by atoms with van der Waals surface area (Å²) in [6, 6.07) is 16.4. The number of nitrogens with one attached hydrogen (secondary N) is 2. The summed E-state index contributed by atoms with van der Waals surface area (Å²) in [5.74, 6) is 1.31. The second-order valence-corrected chi connectivity index (χ2v) is 7.51. The third-order valence-electron chi connectivity index (χ3n) is 4.11. The highest BCUT2D eigenvalue weighted by atomic mass is 32.2. The lowest BCUT2D eigenvalue weighted by Gasteiger charge is -2.14. The minimum atomic E-state index is -0.282. The smallest absolute Gasteiger partial charge is 0.234 e. The van der Waals surface area contributed by atoms with Crippen molar-refractivity contribution < 1.29 is 14.3 Å². The van der Waals surface area contributed by atoms with E-state index in [9.17, 15) is 9.59 Å². The second-order valence-electron chi connectivity index (χ2n) is 6.57. The molecule has 1 heterocycles. The van der Waals surface area contributed by atoms with Crippen LogP contribution in [0.3, 0.4) is 0 Å². The first-order chi connectivity index (χ1) is 14.4. The van der Waals surface area contributed by atoms with E-state index < -0.39 is 0 Å². The van der Waals surface area contributed by atoms with Crippen LogP contribution in [-0.2, 0) is 16.6 Å². The molecule has 9 heteroatoms. The Labute approximate surface area is 179 Å². The van der Waals surface area contributed by atoms with Crippen molar-refractivity contribution in [2.75, 3.05) is 16.4 Å². The third-order valence-corrected chi connectivity index (χ3v) is 5.13. The maximum absolute atomic E-state index is 12.3. The van der Waals surface area contributed by atoms with Gasteiger partial charge in [0, 0.05) is 25.3 Å². The van der Waals surface area contributed by atoms with Crippen LogP contribution < -0.4 is 15.4 Å². The van der Waals surface area contributed by atoms with Crippen molar-refractivity contribution in [1.29, 1.82) is 0 Å². The molecule has 8 nitrogen and oxygen atoms in total. The lowest BCUT2D eigenvalue weighted by atomic mass is 10.3. The first-order valence-electron chi connectivity index (χ1n) is 9.33. The molecule has 3 aromatic rings. The van der Waals surface area contributed by atoms with E-state index >= 15 is 0 Å². The first-order valence-corrected chi connectivity index (χ1v) is 10.3. The van der Waals surface area contributed by atoms with Gasteiger partial charge in [0.15, 0.2) is 17.1 Å². The summed E-state index contributed by atoms with van der Waals surface area (Å²) in [5, 5.41) is 14.5. The zero-order valence-corrected chi connectivity index (χ0v) is 17.8. The van der Waals surface area contributed by atoms with Crippen molar-refractivity contribution in [2.24, 2.45) is 7.05 Å². The van der Waals surface area contributed by atoms with E-state index in [2.05, 4.69) is 20.8 Å². The average Bonchev–Trinajstić information content (AvgIpc) is 3.09. The summed E-state index contributed by atoms with van der Waals surface area (Å²) in [6.45, 7) is 3.35. The maximum atomic E-state index is 12.3. The van der Waals surface area contributed by atoms with E-state index in [1.807, 2.05) is 48.9 Å². The summed E-state index contributed by atoms with van der Waals surface area (Å²) in [4.78, 5) is 23.3. The highest BCUT2D eigenvalue weighted by Crippen LogP contribution is 2.23. The SMILES string of the molecule is CC(=O)Nc1ccc(NC(=O)CSc2nnc([C@@H](C)Oc3ccccc3)n2C)cc1. The molecular weight excluding hydrogens is 402 g/mol. The molecule has 2 aromatic carbocycles. The number of hydrogen-bond donors (Lipinski definition) is 2. The summed E-state index contributed by atoms with van der Waals surface area (Å²) in [7, 11) is 1.85. The van der Waals surface area contributed by atoms with E-state index in [0.29, 0.717) is 22.4 Å². The van der Waals surface area contributed by atoms with E-state index in [1.54, 1.807) is 24.3 Å². The van der Waals surface area contributed by atoms with Gasteiger partial charge in [0.25, 0.3) is 0 Å². The molecule has 0 saturated heterocycles. The number of aromatic nitrogens is 3. The molecule has 0 fully saturated rings. The number of para-hydroxylation sites is 1. The van der Waals surface area contributed by atoms with Gasteiger partial charge in [-0.1, -0.05) is 30.0 Å². The molecule has 0 aliphatic rings. The van der Waals surface area contributed by atoms with Crippen molar-refractivity contribution in [3.63, 3.8) is 0 Å². The van der Waals surface area contributed by atoms with Crippen molar-refractivity contribution >= 4 is 35.0 Å². The molecule has 0 unspecified atom stereocenters. The fourth-order valence-electron chi connectivity index (χ4n) is 2.73. The normalized spacial score (nSPS) is 11.6. The number of carbonyl (C=O) groups excluding carboxylic acids is 2. The van der Waals surface area contributed by atoms with Crippen LogP contribution >= 0.6 is 11.8 Å². The van der Waals surface area contributed by atoms with Crippen molar-refractivity contribution in [2.45, 2.75) is 25.1 Å². The van der Waals surface area contributed by atoms with Crippen LogP contribution in [0.1, 0.15) is 25.8 Å². The van der Waals surface area contributed by atoms with Crippen LogP contribution in [-0.4, -0.2) is 32.3 Å². The van der Waals surface area contributed by atoms with Gasteiger partial charge in [0.2, 0.25) is 11.8 Å². The number of benzene rings is 2. The molecule has 0 bridgehead atoms. The molecule has 30 heavy (non-hydrogen) atoms. The Kier molecular flexibility index (Phi) is 7.08.